The zero-order valence-corrected chi connectivity index (χ0v) is 13.4. The number of pyridine rings is 1. The molecule has 0 amide bonds. The van der Waals surface area contributed by atoms with Crippen molar-refractivity contribution in [2.24, 2.45) is 0 Å². The van der Waals surface area contributed by atoms with Crippen molar-refractivity contribution < 1.29 is 0 Å². The van der Waals surface area contributed by atoms with Gasteiger partial charge in [0.25, 0.3) is 5.56 Å². The van der Waals surface area contributed by atoms with E-state index in [1.54, 1.807) is 18.3 Å². The molecule has 0 saturated heterocycles. The Labute approximate surface area is 142 Å². The molecule has 0 fully saturated rings. The van der Waals surface area contributed by atoms with Crippen LogP contribution in [0.4, 0.5) is 0 Å². The number of hydrogen-bond donors (Lipinski definition) is 0. The summed E-state index contributed by atoms with van der Waals surface area (Å²) in [7, 11) is 0. The Morgan fingerprint density at radius 1 is 0.958 bits per heavy atom. The molecule has 0 aliphatic carbocycles. The third kappa shape index (κ3) is 2.81. The summed E-state index contributed by atoms with van der Waals surface area (Å²) in [6, 6.07) is 16.6. The Bertz CT molecular complexity index is 1070. The molecule has 0 radical (unpaired) electrons. The molecule has 0 unspecified atom stereocenters. The molecular weight excluding hydrogens is 324 g/mol. The van der Waals surface area contributed by atoms with Gasteiger partial charge in [0.05, 0.1) is 23.0 Å². The summed E-state index contributed by atoms with van der Waals surface area (Å²) >= 11 is 5.99. The Balaban J connectivity index is 1.71. The van der Waals surface area contributed by atoms with E-state index in [4.69, 9.17) is 11.6 Å². The Hall–Kier alpha value is -2.92. The minimum atomic E-state index is -0.162. The minimum absolute atomic E-state index is 0.162. The molecule has 0 saturated carbocycles. The SMILES string of the molecule is O=c1ccc(-c2ccccc2)nn1Cc1cn2cc(Cl)ccc2n1. The van der Waals surface area contributed by atoms with Gasteiger partial charge in [0.2, 0.25) is 0 Å². The molecule has 6 heteroatoms. The number of fused-ring (bicyclic) bond motifs is 1. The number of rotatable bonds is 3. The van der Waals surface area contributed by atoms with E-state index < -0.39 is 0 Å². The second kappa shape index (κ2) is 5.94. The first-order valence-electron chi connectivity index (χ1n) is 7.46. The molecular formula is C18H13ClN4O. The lowest BCUT2D eigenvalue weighted by Gasteiger charge is -2.05. The monoisotopic (exact) mass is 336 g/mol. The van der Waals surface area contributed by atoms with Crippen LogP contribution in [0.15, 0.2) is 71.8 Å². The lowest BCUT2D eigenvalue weighted by Crippen LogP contribution is -2.23. The van der Waals surface area contributed by atoms with Gasteiger partial charge in [-0.05, 0) is 18.2 Å². The van der Waals surface area contributed by atoms with Gasteiger partial charge in [-0.2, -0.15) is 5.10 Å². The predicted octanol–water partition coefficient (Wildman–Crippen LogP) is 3.26. The molecule has 0 N–H and O–H groups in total. The van der Waals surface area contributed by atoms with E-state index in [9.17, 15) is 4.79 Å². The van der Waals surface area contributed by atoms with E-state index in [-0.39, 0.29) is 5.56 Å². The highest BCUT2D eigenvalue weighted by Gasteiger charge is 2.07. The molecule has 0 atom stereocenters. The fourth-order valence-corrected chi connectivity index (χ4v) is 2.74. The van der Waals surface area contributed by atoms with Gasteiger partial charge < -0.3 is 4.40 Å². The smallest absolute Gasteiger partial charge is 0.267 e. The largest absolute Gasteiger partial charge is 0.305 e. The first-order chi connectivity index (χ1) is 11.7. The van der Waals surface area contributed by atoms with Crippen molar-refractivity contribution in [1.29, 1.82) is 0 Å². The van der Waals surface area contributed by atoms with Gasteiger partial charge in [0.15, 0.2) is 0 Å². The minimum Gasteiger partial charge on any atom is -0.305 e. The van der Waals surface area contributed by atoms with Crippen molar-refractivity contribution >= 4 is 17.2 Å². The van der Waals surface area contributed by atoms with Gasteiger partial charge in [-0.25, -0.2) is 9.67 Å². The van der Waals surface area contributed by atoms with Gasteiger partial charge in [-0.3, -0.25) is 4.79 Å². The van der Waals surface area contributed by atoms with Gasteiger partial charge >= 0.3 is 0 Å². The molecule has 0 spiro atoms. The van der Waals surface area contributed by atoms with Crippen molar-refractivity contribution in [2.75, 3.05) is 0 Å². The number of halogens is 1. The second-order valence-corrected chi connectivity index (χ2v) is 5.86. The highest BCUT2D eigenvalue weighted by molar-refractivity contribution is 6.30. The maximum absolute atomic E-state index is 12.1. The summed E-state index contributed by atoms with van der Waals surface area (Å²) in [5.41, 5.74) is 3.08. The zero-order valence-electron chi connectivity index (χ0n) is 12.6. The predicted molar refractivity (Wildman–Crippen MR) is 93.2 cm³/mol. The quantitative estimate of drug-likeness (QED) is 0.577. The molecule has 0 aliphatic heterocycles. The summed E-state index contributed by atoms with van der Waals surface area (Å²) in [6.45, 7) is 0.304. The van der Waals surface area contributed by atoms with Crippen molar-refractivity contribution in [1.82, 2.24) is 19.2 Å². The lowest BCUT2D eigenvalue weighted by molar-refractivity contribution is 0.634. The number of aromatic nitrogens is 4. The van der Waals surface area contributed by atoms with Crippen LogP contribution < -0.4 is 5.56 Å². The molecule has 118 valence electrons. The third-order valence-corrected chi connectivity index (χ3v) is 3.94. The third-order valence-electron chi connectivity index (χ3n) is 3.71. The van der Waals surface area contributed by atoms with Gasteiger partial charge in [-0.15, -0.1) is 0 Å². The Morgan fingerprint density at radius 2 is 1.79 bits per heavy atom. The number of benzene rings is 1. The zero-order chi connectivity index (χ0) is 16.5. The average Bonchev–Trinajstić information content (AvgIpc) is 2.99. The highest BCUT2D eigenvalue weighted by Crippen LogP contribution is 2.15. The van der Waals surface area contributed by atoms with Crippen molar-refractivity contribution in [2.45, 2.75) is 6.54 Å². The average molecular weight is 337 g/mol. The standard InChI is InChI=1S/C18H13ClN4O/c19-14-6-8-17-20-15(11-22(17)10-14)12-23-18(24)9-7-16(21-23)13-4-2-1-3-5-13/h1-11H,12H2. The highest BCUT2D eigenvalue weighted by atomic mass is 35.5. The van der Waals surface area contributed by atoms with Crippen LogP contribution in [-0.4, -0.2) is 19.2 Å². The Morgan fingerprint density at radius 3 is 2.62 bits per heavy atom. The number of imidazole rings is 1. The van der Waals surface area contributed by atoms with E-state index in [0.717, 1.165) is 22.6 Å². The maximum Gasteiger partial charge on any atom is 0.267 e. The van der Waals surface area contributed by atoms with Crippen LogP contribution in [-0.2, 0) is 6.54 Å². The summed E-state index contributed by atoms with van der Waals surface area (Å²) in [5.74, 6) is 0. The molecule has 3 aromatic heterocycles. The number of nitrogens with zero attached hydrogens (tertiary/aromatic N) is 4. The van der Waals surface area contributed by atoms with Gasteiger partial charge in [0.1, 0.15) is 5.65 Å². The molecule has 5 nitrogen and oxygen atoms in total. The second-order valence-electron chi connectivity index (χ2n) is 5.43. The van der Waals surface area contributed by atoms with Crippen LogP contribution in [0, 0.1) is 0 Å². The summed E-state index contributed by atoms with van der Waals surface area (Å²) in [4.78, 5) is 16.6. The first kappa shape index (κ1) is 14.7. The molecule has 0 bridgehead atoms. The van der Waals surface area contributed by atoms with Crippen molar-refractivity contribution in [3.63, 3.8) is 0 Å². The topological polar surface area (TPSA) is 52.2 Å². The van der Waals surface area contributed by atoms with Crippen LogP contribution in [0.3, 0.4) is 0 Å². The maximum atomic E-state index is 12.1. The van der Waals surface area contributed by atoms with Crippen molar-refractivity contribution in [3.8, 4) is 11.3 Å². The summed E-state index contributed by atoms with van der Waals surface area (Å²) in [6.07, 6.45) is 3.63. The molecule has 4 aromatic rings. The summed E-state index contributed by atoms with van der Waals surface area (Å²) < 4.78 is 3.26. The van der Waals surface area contributed by atoms with Crippen LogP contribution in [0.2, 0.25) is 5.02 Å². The normalized spacial score (nSPS) is 11.0. The Kier molecular flexibility index (Phi) is 3.63. The van der Waals surface area contributed by atoms with Gasteiger partial charge in [-0.1, -0.05) is 41.9 Å². The summed E-state index contributed by atoms with van der Waals surface area (Å²) in [5, 5.41) is 5.09. The van der Waals surface area contributed by atoms with E-state index in [2.05, 4.69) is 10.1 Å². The number of hydrogen-bond acceptors (Lipinski definition) is 3. The van der Waals surface area contributed by atoms with Crippen LogP contribution in [0.5, 0.6) is 0 Å². The van der Waals surface area contributed by atoms with E-state index in [0.29, 0.717) is 11.6 Å². The molecule has 1 aromatic carbocycles. The van der Waals surface area contributed by atoms with E-state index in [1.807, 2.05) is 47.0 Å². The van der Waals surface area contributed by atoms with E-state index >= 15 is 0 Å². The van der Waals surface area contributed by atoms with E-state index in [1.165, 1.54) is 10.7 Å². The van der Waals surface area contributed by atoms with Crippen LogP contribution in [0.1, 0.15) is 5.69 Å². The van der Waals surface area contributed by atoms with Crippen LogP contribution >= 0.6 is 11.6 Å². The molecule has 0 aliphatic rings. The van der Waals surface area contributed by atoms with Crippen molar-refractivity contribution in [3.05, 3.63) is 88.1 Å². The van der Waals surface area contributed by atoms with Crippen LogP contribution in [0.25, 0.3) is 16.9 Å². The fraction of sp³-hybridized carbons (Fsp3) is 0.0556. The lowest BCUT2D eigenvalue weighted by atomic mass is 10.1. The first-order valence-corrected chi connectivity index (χ1v) is 7.83. The van der Waals surface area contributed by atoms with Gasteiger partial charge in [0, 0.05) is 24.0 Å². The molecule has 3 heterocycles. The molecule has 4 rings (SSSR count). The fourth-order valence-electron chi connectivity index (χ4n) is 2.57. The molecule has 24 heavy (non-hydrogen) atoms.